The fourth-order valence-electron chi connectivity index (χ4n) is 2.63. The van der Waals surface area contributed by atoms with Crippen LogP contribution >= 0.6 is 11.3 Å². The Morgan fingerprint density at radius 3 is 2.59 bits per heavy atom. The zero-order valence-corrected chi connectivity index (χ0v) is 14.4. The Bertz CT molecular complexity index is 492. The lowest BCUT2D eigenvalue weighted by Gasteiger charge is -2.35. The number of rotatable bonds is 5. The van der Waals surface area contributed by atoms with E-state index >= 15 is 0 Å². The predicted octanol–water partition coefficient (Wildman–Crippen LogP) is 1.70. The number of aliphatic hydroxyl groups is 1. The van der Waals surface area contributed by atoms with E-state index in [4.69, 9.17) is 10.5 Å². The first-order chi connectivity index (χ1) is 10.2. The van der Waals surface area contributed by atoms with Gasteiger partial charge in [-0.05, 0) is 58.1 Å². The van der Waals surface area contributed by atoms with Crippen LogP contribution in [0.2, 0.25) is 0 Å². The van der Waals surface area contributed by atoms with E-state index in [0.29, 0.717) is 11.4 Å². The summed E-state index contributed by atoms with van der Waals surface area (Å²) in [5, 5.41) is 12.6. The number of hydrogen-bond acceptors (Lipinski definition) is 6. The molecule has 2 heterocycles. The van der Waals surface area contributed by atoms with Crippen molar-refractivity contribution >= 4 is 17.3 Å². The molecule has 0 spiro atoms. The molecular weight excluding hydrogens is 300 g/mol. The number of thiophene rings is 1. The molecule has 0 aromatic carbocycles. The molecule has 5 nitrogen and oxygen atoms in total. The van der Waals surface area contributed by atoms with E-state index in [1.54, 1.807) is 26.8 Å². The number of carbonyl (C=O) groups is 1. The predicted molar refractivity (Wildman–Crippen MR) is 87.7 cm³/mol. The zero-order chi connectivity index (χ0) is 16.4. The molecule has 0 aliphatic carbocycles. The minimum absolute atomic E-state index is 0.383. The third kappa shape index (κ3) is 3.87. The second-order valence-corrected chi connectivity index (χ2v) is 7.82. The summed E-state index contributed by atoms with van der Waals surface area (Å²) in [6.45, 7) is 7.65. The molecule has 124 valence electrons. The van der Waals surface area contributed by atoms with E-state index in [0.717, 1.165) is 25.9 Å². The number of nitrogens with two attached hydrogens (primary N) is 1. The molecule has 2 rings (SSSR count). The largest absolute Gasteiger partial charge is 0.458 e. The summed E-state index contributed by atoms with van der Waals surface area (Å²) in [6, 6.07) is 3.61. The summed E-state index contributed by atoms with van der Waals surface area (Å²) in [7, 11) is 0. The third-order valence-electron chi connectivity index (χ3n) is 3.82. The van der Waals surface area contributed by atoms with Crippen LogP contribution in [0.4, 0.5) is 0 Å². The van der Waals surface area contributed by atoms with Crippen molar-refractivity contribution in [2.45, 2.75) is 50.9 Å². The maximum absolute atomic E-state index is 12.7. The lowest BCUT2D eigenvalue weighted by atomic mass is 9.90. The Morgan fingerprint density at radius 2 is 2.09 bits per heavy atom. The minimum Gasteiger partial charge on any atom is -0.458 e. The first-order valence-corrected chi connectivity index (χ1v) is 8.58. The van der Waals surface area contributed by atoms with Gasteiger partial charge in [0.2, 0.25) is 0 Å². The Labute approximate surface area is 136 Å². The van der Waals surface area contributed by atoms with Gasteiger partial charge in [-0.2, -0.15) is 0 Å². The van der Waals surface area contributed by atoms with E-state index in [-0.39, 0.29) is 0 Å². The fourth-order valence-corrected chi connectivity index (χ4v) is 3.51. The summed E-state index contributed by atoms with van der Waals surface area (Å²) in [4.78, 5) is 15.5. The molecule has 1 saturated heterocycles. The van der Waals surface area contributed by atoms with E-state index in [2.05, 4.69) is 4.90 Å². The molecule has 3 N–H and O–H groups in total. The van der Waals surface area contributed by atoms with E-state index in [1.165, 1.54) is 11.3 Å². The molecule has 2 unspecified atom stereocenters. The van der Waals surface area contributed by atoms with Crippen LogP contribution in [0.15, 0.2) is 17.5 Å². The molecule has 0 bridgehead atoms. The molecule has 2 atom stereocenters. The van der Waals surface area contributed by atoms with Crippen LogP contribution in [-0.4, -0.2) is 47.3 Å². The molecule has 22 heavy (non-hydrogen) atoms. The number of ether oxygens (including phenoxy) is 1. The summed E-state index contributed by atoms with van der Waals surface area (Å²) < 4.78 is 5.48. The summed E-state index contributed by atoms with van der Waals surface area (Å²) in [5.41, 5.74) is 4.23. The normalized spacial score (nSPS) is 20.6. The van der Waals surface area contributed by atoms with E-state index in [1.807, 2.05) is 11.4 Å². The minimum atomic E-state index is -1.52. The van der Waals surface area contributed by atoms with Gasteiger partial charge in [0.1, 0.15) is 11.7 Å². The van der Waals surface area contributed by atoms with Crippen molar-refractivity contribution < 1.29 is 14.6 Å². The Balaban J connectivity index is 2.23. The molecule has 0 amide bonds. The molecule has 0 radical (unpaired) electrons. The van der Waals surface area contributed by atoms with Gasteiger partial charge in [0, 0.05) is 11.4 Å². The van der Waals surface area contributed by atoms with Crippen LogP contribution in [0.25, 0.3) is 0 Å². The highest BCUT2D eigenvalue weighted by Gasteiger charge is 2.47. The van der Waals surface area contributed by atoms with Gasteiger partial charge in [-0.25, -0.2) is 4.79 Å². The first-order valence-electron chi connectivity index (χ1n) is 7.70. The summed E-state index contributed by atoms with van der Waals surface area (Å²) >= 11 is 1.37. The Morgan fingerprint density at radius 1 is 1.45 bits per heavy atom. The number of nitrogens with zero attached hydrogens (tertiary/aromatic N) is 1. The smallest absolute Gasteiger partial charge is 0.334 e. The highest BCUT2D eigenvalue weighted by molar-refractivity contribution is 7.10. The summed E-state index contributed by atoms with van der Waals surface area (Å²) in [5.74, 6) is -0.575. The van der Waals surface area contributed by atoms with Gasteiger partial charge in [0.15, 0.2) is 5.54 Å². The molecular formula is C16H26N2O3S. The van der Waals surface area contributed by atoms with Crippen molar-refractivity contribution in [1.29, 1.82) is 0 Å². The van der Waals surface area contributed by atoms with Gasteiger partial charge in [-0.1, -0.05) is 6.07 Å². The average Bonchev–Trinajstić information content (AvgIpc) is 3.08. The number of likely N-dealkylation sites (tertiary alicyclic amines) is 1. The van der Waals surface area contributed by atoms with Gasteiger partial charge >= 0.3 is 5.97 Å². The molecule has 1 aromatic rings. The fraction of sp³-hybridized carbons (Fsp3) is 0.688. The van der Waals surface area contributed by atoms with Crippen molar-refractivity contribution in [1.82, 2.24) is 4.90 Å². The molecule has 1 aliphatic heterocycles. The average molecular weight is 326 g/mol. The highest BCUT2D eigenvalue weighted by atomic mass is 32.1. The number of aliphatic hydroxyl groups excluding tert-OH is 1. The van der Waals surface area contributed by atoms with Crippen molar-refractivity contribution in [2.24, 2.45) is 5.73 Å². The van der Waals surface area contributed by atoms with Crippen molar-refractivity contribution in [3.8, 4) is 0 Å². The van der Waals surface area contributed by atoms with Gasteiger partial charge in [-0.15, -0.1) is 11.3 Å². The first kappa shape index (κ1) is 17.4. The number of carbonyl (C=O) groups excluding carboxylic acids is 1. The molecule has 1 aromatic heterocycles. The zero-order valence-electron chi connectivity index (χ0n) is 13.5. The van der Waals surface area contributed by atoms with Crippen LogP contribution < -0.4 is 5.73 Å². The Kier molecular flexibility index (Phi) is 5.27. The van der Waals surface area contributed by atoms with Crippen LogP contribution in [0.5, 0.6) is 0 Å². The molecule has 1 aliphatic rings. The van der Waals surface area contributed by atoms with Crippen LogP contribution in [-0.2, 0) is 15.1 Å². The standard InChI is InChI=1S/C16H26N2O3S/c1-15(2,3)21-14(20)16(17,13-7-6-10-22-13)12(19)11-18-8-4-5-9-18/h6-7,10,12,19H,4-5,8-9,11,17H2,1-3H3. The second-order valence-electron chi connectivity index (χ2n) is 6.87. The van der Waals surface area contributed by atoms with Crippen LogP contribution in [0.1, 0.15) is 38.5 Å². The topological polar surface area (TPSA) is 75.8 Å². The van der Waals surface area contributed by atoms with Gasteiger partial charge < -0.3 is 20.5 Å². The number of esters is 1. The van der Waals surface area contributed by atoms with Crippen molar-refractivity contribution in [3.05, 3.63) is 22.4 Å². The number of β-amino-alcohol motifs (C(OH)–C–C–N with tert-alkyl or cyclic N) is 1. The van der Waals surface area contributed by atoms with Crippen LogP contribution in [0.3, 0.4) is 0 Å². The van der Waals surface area contributed by atoms with Gasteiger partial charge in [0.25, 0.3) is 0 Å². The van der Waals surface area contributed by atoms with Gasteiger partial charge in [0.05, 0.1) is 0 Å². The maximum atomic E-state index is 12.7. The maximum Gasteiger partial charge on any atom is 0.334 e. The van der Waals surface area contributed by atoms with Crippen molar-refractivity contribution in [2.75, 3.05) is 19.6 Å². The van der Waals surface area contributed by atoms with Gasteiger partial charge in [-0.3, -0.25) is 0 Å². The van der Waals surface area contributed by atoms with Crippen molar-refractivity contribution in [3.63, 3.8) is 0 Å². The molecule has 0 saturated carbocycles. The lowest BCUT2D eigenvalue weighted by Crippen LogP contribution is -2.59. The van der Waals surface area contributed by atoms with E-state index in [9.17, 15) is 9.90 Å². The molecule has 6 heteroatoms. The quantitative estimate of drug-likeness (QED) is 0.806. The lowest BCUT2D eigenvalue weighted by molar-refractivity contribution is -0.167. The van der Waals surface area contributed by atoms with Crippen LogP contribution in [0, 0.1) is 0 Å². The Hall–Kier alpha value is -0.950. The summed E-state index contributed by atoms with van der Waals surface area (Å²) in [6.07, 6.45) is 1.24. The number of hydrogen-bond donors (Lipinski definition) is 2. The third-order valence-corrected chi connectivity index (χ3v) is 4.84. The monoisotopic (exact) mass is 326 g/mol. The highest BCUT2D eigenvalue weighted by Crippen LogP contribution is 2.31. The SMILES string of the molecule is CC(C)(C)OC(=O)C(N)(c1cccs1)C(O)CN1CCCC1. The second kappa shape index (κ2) is 6.66. The molecule has 1 fully saturated rings. The van der Waals surface area contributed by atoms with E-state index < -0.39 is 23.2 Å².